The van der Waals surface area contributed by atoms with E-state index in [9.17, 15) is 17.6 Å². The zero-order valence-electron chi connectivity index (χ0n) is 10.3. The molecule has 0 radical (unpaired) electrons. The Hall–Kier alpha value is -1.94. The third-order valence-corrected chi connectivity index (χ3v) is 5.25. The van der Waals surface area contributed by atoms with E-state index in [1.807, 2.05) is 0 Å². The summed E-state index contributed by atoms with van der Waals surface area (Å²) >= 11 is 0. The molecular weight excluding hydrogens is 273 g/mol. The fourth-order valence-electron chi connectivity index (χ4n) is 1.31. The molecule has 1 N–H and O–H groups in total. The van der Waals surface area contributed by atoms with E-state index in [0.29, 0.717) is 0 Å². The maximum Gasteiger partial charge on any atom is 0.324 e. The standard InChI is InChI=1S/C12H12FNO4S/c1-12(2,11(15)16)19(17,18)7-9-5-10(13)4-3-8(9)6-14/h3-5H,7H2,1-2H3,(H,15,16). The van der Waals surface area contributed by atoms with Gasteiger partial charge in [-0.05, 0) is 37.6 Å². The lowest BCUT2D eigenvalue weighted by Gasteiger charge is -2.20. The lowest BCUT2D eigenvalue weighted by Crippen LogP contribution is -2.41. The van der Waals surface area contributed by atoms with Crippen molar-refractivity contribution in [3.05, 3.63) is 35.1 Å². The van der Waals surface area contributed by atoms with Gasteiger partial charge in [-0.2, -0.15) is 5.26 Å². The number of carboxylic acids is 1. The molecule has 0 spiro atoms. The van der Waals surface area contributed by atoms with Crippen LogP contribution >= 0.6 is 0 Å². The van der Waals surface area contributed by atoms with Gasteiger partial charge in [-0.3, -0.25) is 4.79 Å². The van der Waals surface area contributed by atoms with Crippen LogP contribution in [-0.2, 0) is 20.4 Å². The highest BCUT2D eigenvalue weighted by molar-refractivity contribution is 7.92. The van der Waals surface area contributed by atoms with Crippen LogP contribution in [0.2, 0.25) is 0 Å². The van der Waals surface area contributed by atoms with Crippen molar-refractivity contribution in [2.75, 3.05) is 0 Å². The first kappa shape index (κ1) is 15.1. The molecule has 0 amide bonds. The number of hydrogen-bond acceptors (Lipinski definition) is 4. The van der Waals surface area contributed by atoms with Gasteiger partial charge in [0.05, 0.1) is 17.4 Å². The molecule has 5 nitrogen and oxygen atoms in total. The molecular formula is C12H12FNO4S. The summed E-state index contributed by atoms with van der Waals surface area (Å²) in [6.07, 6.45) is 0. The van der Waals surface area contributed by atoms with Gasteiger partial charge >= 0.3 is 5.97 Å². The summed E-state index contributed by atoms with van der Waals surface area (Å²) < 4.78 is 35.1. The average molecular weight is 285 g/mol. The minimum Gasteiger partial charge on any atom is -0.480 e. The molecule has 7 heteroatoms. The zero-order chi connectivity index (χ0) is 14.8. The van der Waals surface area contributed by atoms with Gasteiger partial charge in [0, 0.05) is 0 Å². The first-order valence-electron chi connectivity index (χ1n) is 5.26. The number of nitrogens with zero attached hydrogens (tertiary/aromatic N) is 1. The van der Waals surface area contributed by atoms with E-state index in [4.69, 9.17) is 10.4 Å². The summed E-state index contributed by atoms with van der Waals surface area (Å²) in [5.74, 6) is -2.88. The highest BCUT2D eigenvalue weighted by Gasteiger charge is 2.42. The second kappa shape index (κ2) is 4.97. The first-order chi connectivity index (χ1) is 8.61. The van der Waals surface area contributed by atoms with Gasteiger partial charge in [0.1, 0.15) is 5.82 Å². The molecule has 0 saturated carbocycles. The fraction of sp³-hybridized carbons (Fsp3) is 0.333. The van der Waals surface area contributed by atoms with Crippen LogP contribution in [0.1, 0.15) is 25.0 Å². The molecule has 0 aliphatic heterocycles. The predicted molar refractivity (Wildman–Crippen MR) is 65.5 cm³/mol. The normalized spacial score (nSPS) is 11.9. The van der Waals surface area contributed by atoms with Crippen molar-refractivity contribution in [1.29, 1.82) is 5.26 Å². The summed E-state index contributed by atoms with van der Waals surface area (Å²) in [6.45, 7) is 2.10. The Bertz CT molecular complexity index is 659. The van der Waals surface area contributed by atoms with Gasteiger partial charge in [0.25, 0.3) is 0 Å². The molecule has 0 aromatic heterocycles. The van der Waals surface area contributed by atoms with E-state index in [1.54, 1.807) is 6.07 Å². The fourth-order valence-corrected chi connectivity index (χ4v) is 2.58. The third-order valence-electron chi connectivity index (χ3n) is 2.83. The Morgan fingerprint density at radius 3 is 2.53 bits per heavy atom. The van der Waals surface area contributed by atoms with Crippen LogP contribution in [0.25, 0.3) is 0 Å². The molecule has 1 aromatic carbocycles. The second-order valence-electron chi connectivity index (χ2n) is 4.49. The number of benzene rings is 1. The van der Waals surface area contributed by atoms with Crippen molar-refractivity contribution in [1.82, 2.24) is 0 Å². The van der Waals surface area contributed by atoms with Gasteiger partial charge in [0.15, 0.2) is 14.6 Å². The molecule has 0 fully saturated rings. The molecule has 19 heavy (non-hydrogen) atoms. The number of hydrogen-bond donors (Lipinski definition) is 1. The quantitative estimate of drug-likeness (QED) is 0.904. The number of aliphatic carboxylic acids is 1. The maximum atomic E-state index is 13.1. The van der Waals surface area contributed by atoms with Crippen LogP contribution in [0.3, 0.4) is 0 Å². The number of nitriles is 1. The van der Waals surface area contributed by atoms with Crippen LogP contribution < -0.4 is 0 Å². The Morgan fingerprint density at radius 2 is 2.05 bits per heavy atom. The number of carbonyl (C=O) groups is 1. The molecule has 0 aliphatic carbocycles. The van der Waals surface area contributed by atoms with E-state index in [0.717, 1.165) is 32.0 Å². The topological polar surface area (TPSA) is 95.2 Å². The van der Waals surface area contributed by atoms with Gasteiger partial charge in [-0.1, -0.05) is 0 Å². The van der Waals surface area contributed by atoms with Crippen molar-refractivity contribution in [3.8, 4) is 6.07 Å². The van der Waals surface area contributed by atoms with Crippen molar-refractivity contribution in [2.24, 2.45) is 0 Å². The van der Waals surface area contributed by atoms with E-state index in [-0.39, 0.29) is 11.1 Å². The Kier molecular flexibility index (Phi) is 3.96. The third kappa shape index (κ3) is 2.90. The minimum atomic E-state index is -4.08. The highest BCUT2D eigenvalue weighted by atomic mass is 32.2. The lowest BCUT2D eigenvalue weighted by atomic mass is 10.1. The van der Waals surface area contributed by atoms with E-state index >= 15 is 0 Å². The highest BCUT2D eigenvalue weighted by Crippen LogP contribution is 2.23. The Labute approximate surface area is 110 Å². The molecule has 102 valence electrons. The number of rotatable bonds is 4. The SMILES string of the molecule is CC(C)(C(=O)O)S(=O)(=O)Cc1cc(F)ccc1C#N. The number of carboxylic acid groups (broad SMARTS) is 1. The van der Waals surface area contributed by atoms with Gasteiger partial charge in [0.2, 0.25) is 0 Å². The average Bonchev–Trinajstić information content (AvgIpc) is 2.28. The Balaban J connectivity index is 3.27. The van der Waals surface area contributed by atoms with Gasteiger partial charge in [-0.15, -0.1) is 0 Å². The lowest BCUT2D eigenvalue weighted by molar-refractivity contribution is -0.139. The van der Waals surface area contributed by atoms with E-state index < -0.39 is 32.1 Å². The Morgan fingerprint density at radius 1 is 1.47 bits per heavy atom. The summed E-state index contributed by atoms with van der Waals surface area (Å²) in [6, 6.07) is 4.87. The minimum absolute atomic E-state index is 0.00571. The summed E-state index contributed by atoms with van der Waals surface area (Å²) in [5.41, 5.74) is -0.0389. The van der Waals surface area contributed by atoms with Crippen molar-refractivity contribution < 1.29 is 22.7 Å². The molecule has 1 rings (SSSR count). The maximum absolute atomic E-state index is 13.1. The van der Waals surface area contributed by atoms with Crippen molar-refractivity contribution in [2.45, 2.75) is 24.3 Å². The molecule has 1 aromatic rings. The van der Waals surface area contributed by atoms with Crippen LogP contribution in [-0.4, -0.2) is 24.2 Å². The molecule has 0 saturated heterocycles. The molecule has 0 heterocycles. The molecule has 0 atom stereocenters. The molecule has 0 aliphatic rings. The smallest absolute Gasteiger partial charge is 0.324 e. The van der Waals surface area contributed by atoms with Crippen LogP contribution in [0.4, 0.5) is 4.39 Å². The second-order valence-corrected chi connectivity index (χ2v) is 7.03. The van der Waals surface area contributed by atoms with Gasteiger partial charge < -0.3 is 5.11 Å². The van der Waals surface area contributed by atoms with Crippen LogP contribution in [0.15, 0.2) is 18.2 Å². The first-order valence-corrected chi connectivity index (χ1v) is 6.91. The largest absolute Gasteiger partial charge is 0.480 e. The monoisotopic (exact) mass is 285 g/mol. The number of sulfone groups is 1. The van der Waals surface area contributed by atoms with Gasteiger partial charge in [-0.25, -0.2) is 12.8 Å². The summed E-state index contributed by atoms with van der Waals surface area (Å²) in [5, 5.41) is 17.8. The van der Waals surface area contributed by atoms with Crippen molar-refractivity contribution in [3.63, 3.8) is 0 Å². The zero-order valence-corrected chi connectivity index (χ0v) is 11.2. The summed E-state index contributed by atoms with van der Waals surface area (Å²) in [4.78, 5) is 11.0. The number of halogens is 1. The molecule has 0 unspecified atom stereocenters. The summed E-state index contributed by atoms with van der Waals surface area (Å²) in [7, 11) is -4.08. The molecule has 0 bridgehead atoms. The van der Waals surface area contributed by atoms with Crippen LogP contribution in [0.5, 0.6) is 0 Å². The van der Waals surface area contributed by atoms with Crippen molar-refractivity contribution >= 4 is 15.8 Å². The predicted octanol–water partition coefficient (Wildman–Crippen LogP) is 1.48. The van der Waals surface area contributed by atoms with Crippen LogP contribution in [0, 0.1) is 17.1 Å². The van der Waals surface area contributed by atoms with E-state index in [2.05, 4.69) is 0 Å². The van der Waals surface area contributed by atoms with E-state index in [1.165, 1.54) is 0 Å².